The van der Waals surface area contributed by atoms with Crippen LogP contribution in [0.2, 0.25) is 0 Å². The number of ketones is 4. The van der Waals surface area contributed by atoms with Crippen LogP contribution in [0.1, 0.15) is 132 Å². The number of aliphatic hydroxyl groups is 3. The van der Waals surface area contributed by atoms with Crippen LogP contribution in [-0.2, 0) is 47.8 Å². The molecule has 0 unspecified atom stereocenters. The predicted molar refractivity (Wildman–Crippen MR) is 229 cm³/mol. The van der Waals surface area contributed by atoms with E-state index in [-0.39, 0.29) is 66.6 Å². The lowest BCUT2D eigenvalue weighted by molar-refractivity contribution is -0.229. The van der Waals surface area contributed by atoms with E-state index in [0.29, 0.717) is 25.7 Å². The average molecular weight is 913 g/mol. The van der Waals surface area contributed by atoms with Crippen LogP contribution in [0.15, 0.2) is 35.5 Å². The van der Waals surface area contributed by atoms with Crippen molar-refractivity contribution < 1.29 is 71.9 Å². The Kier molecular flexibility index (Phi) is 12.8. The van der Waals surface area contributed by atoms with E-state index < -0.39 is 112 Å². The molecule has 0 saturated heterocycles. The minimum atomic E-state index is -2.30. The number of aliphatic hydroxyl groups excluding tert-OH is 2. The molecule has 0 aromatic rings. The van der Waals surface area contributed by atoms with Crippen molar-refractivity contribution in [3.05, 3.63) is 35.5 Å². The van der Waals surface area contributed by atoms with Crippen LogP contribution in [-0.4, -0.2) is 105 Å². The molecule has 0 aliphatic heterocycles. The molecule has 0 bridgehead atoms. The monoisotopic (exact) mass is 912 g/mol. The molecule has 65 heavy (non-hydrogen) atoms. The van der Waals surface area contributed by atoms with Gasteiger partial charge in [0.2, 0.25) is 11.6 Å². The number of hydrogen-bond acceptors (Lipinski definition) is 13. The summed E-state index contributed by atoms with van der Waals surface area (Å²) in [6, 6.07) is 0. The topological polar surface area (TPSA) is 208 Å². The number of ether oxygens (including phenoxy) is 3. The molecule has 0 radical (unpaired) electrons. The maximum Gasteiger partial charge on any atom is 0.306 e. The van der Waals surface area contributed by atoms with Gasteiger partial charge in [-0.1, -0.05) is 39.3 Å². The Hall–Kier alpha value is -3.95. The second-order valence-corrected chi connectivity index (χ2v) is 21.3. The zero-order valence-electron chi connectivity index (χ0n) is 38.7. The van der Waals surface area contributed by atoms with E-state index in [4.69, 9.17) is 14.2 Å². The van der Waals surface area contributed by atoms with Gasteiger partial charge in [-0.3, -0.25) is 33.6 Å². The van der Waals surface area contributed by atoms with E-state index >= 15 is 8.78 Å². The van der Waals surface area contributed by atoms with Gasteiger partial charge in [0, 0.05) is 48.9 Å². The summed E-state index contributed by atoms with van der Waals surface area (Å²) >= 11 is 0. The molecule has 15 atom stereocenters. The fourth-order valence-corrected chi connectivity index (χ4v) is 15.0. The highest BCUT2D eigenvalue weighted by atomic mass is 19.1. The maximum atomic E-state index is 17.2. The van der Waals surface area contributed by atoms with E-state index in [0.717, 1.165) is 44.3 Å². The van der Waals surface area contributed by atoms with E-state index in [2.05, 4.69) is 6.92 Å². The summed E-state index contributed by atoms with van der Waals surface area (Å²) < 4.78 is 48.5. The Morgan fingerprint density at radius 2 is 1.46 bits per heavy atom. The Labute approximate surface area is 379 Å². The van der Waals surface area contributed by atoms with Gasteiger partial charge in [-0.25, -0.2) is 8.78 Å². The molecule has 0 heterocycles. The molecule has 13 nitrogen and oxygen atoms in total. The van der Waals surface area contributed by atoms with E-state index in [1.807, 2.05) is 6.92 Å². The van der Waals surface area contributed by atoms with Crippen molar-refractivity contribution in [3.63, 3.8) is 0 Å². The predicted octanol–water partition coefficient (Wildman–Crippen LogP) is 5.87. The first-order valence-electron chi connectivity index (χ1n) is 23.5. The molecule has 8 aliphatic rings. The summed E-state index contributed by atoms with van der Waals surface area (Å²) in [7, 11) is 0. The standard InChI is InChI=1S/C27H34F2O7.C23H32O6/c1-5-6-23(34)36-26(22(33)14-35-15(2)30)10-8-17-18-12-20(28)19-11-16(31)7-9-24(19,3)27(18,29)21(32)13-25(17,26)4;1-13(24)29-12-19(27)23(28)9-7-17-16-5-4-14-10-15(25)6-8-21(14,2)20(16)18(26)11-22(17,23)3/h7,9,11,17-18,20-21,32H,5-6,8,10,12-14H2,1-4H3;10,16-18,20,26,28H,4-9,11-12H2,1-3H3/t17-,18-,20-,21-,24-,25-,26-,27-;16-,17-,18-,20+,21-,22-,23-/m00/s1. The molecule has 0 aromatic heterocycles. The number of halogens is 2. The number of esters is 3. The van der Waals surface area contributed by atoms with Crippen LogP contribution in [0.4, 0.5) is 8.78 Å². The van der Waals surface area contributed by atoms with Crippen LogP contribution in [0.25, 0.3) is 0 Å². The van der Waals surface area contributed by atoms with Gasteiger partial charge in [-0.15, -0.1) is 0 Å². The van der Waals surface area contributed by atoms with Crippen molar-refractivity contribution >= 4 is 41.0 Å². The minimum absolute atomic E-state index is 0.0148. The lowest BCUT2D eigenvalue weighted by Crippen LogP contribution is -2.70. The second-order valence-electron chi connectivity index (χ2n) is 21.3. The molecule has 8 aliphatic carbocycles. The molecule has 8 rings (SSSR count). The highest BCUT2D eigenvalue weighted by molar-refractivity contribution is 6.01. The molecule has 358 valence electrons. The molecule has 0 spiro atoms. The summed E-state index contributed by atoms with van der Waals surface area (Å²) in [5.74, 6) is -4.42. The highest BCUT2D eigenvalue weighted by Crippen LogP contribution is 2.71. The van der Waals surface area contributed by atoms with E-state index in [1.54, 1.807) is 19.9 Å². The van der Waals surface area contributed by atoms with Crippen molar-refractivity contribution in [2.75, 3.05) is 13.2 Å². The lowest BCUT2D eigenvalue weighted by atomic mass is 9.44. The summed E-state index contributed by atoms with van der Waals surface area (Å²) in [6.07, 6.45) is 6.32. The SMILES string of the molecule is CC(=O)OCC(=O)[C@@]1(O)CC[C@H]2[C@@H]3CCC4=CC(=O)CC[C@]4(C)[C@H]3[C@@H](O)C[C@@]21C.CCCC(=O)O[C@]1(C(=O)COC(C)=O)CC[C@H]2[C@@H]3C[C@H](F)C4=CC(=O)C=C[C@]4(C)[C@@]3(F)[C@@H](O)C[C@@]21C. The van der Waals surface area contributed by atoms with Gasteiger partial charge in [-0.2, -0.15) is 0 Å². The number of alkyl halides is 2. The van der Waals surface area contributed by atoms with E-state index in [1.165, 1.54) is 26.0 Å². The van der Waals surface area contributed by atoms with Gasteiger partial charge in [0.1, 0.15) is 11.8 Å². The lowest BCUT2D eigenvalue weighted by Gasteiger charge is -2.63. The number of rotatable bonds is 9. The fraction of sp³-hybridized carbons (Fsp3) is 0.740. The third kappa shape index (κ3) is 7.34. The first kappa shape index (κ1) is 49.0. The van der Waals surface area contributed by atoms with Gasteiger partial charge < -0.3 is 29.5 Å². The number of Topliss-reactive ketones (excluding diaryl/α,β-unsaturated/α-hetero) is 2. The van der Waals surface area contributed by atoms with Crippen LogP contribution < -0.4 is 0 Å². The minimum Gasteiger partial charge on any atom is -0.458 e. The molecule has 0 aromatic carbocycles. The summed E-state index contributed by atoms with van der Waals surface area (Å²) in [5.41, 5.74) is -8.16. The molecule has 3 N–H and O–H groups in total. The second kappa shape index (κ2) is 17.0. The van der Waals surface area contributed by atoms with Crippen LogP contribution in [0.5, 0.6) is 0 Å². The quantitative estimate of drug-likeness (QED) is 0.183. The number of hydrogen-bond donors (Lipinski definition) is 3. The normalized spacial score (nSPS) is 44.5. The van der Waals surface area contributed by atoms with Gasteiger partial charge in [0.15, 0.2) is 36.1 Å². The van der Waals surface area contributed by atoms with Crippen molar-refractivity contribution in [3.8, 4) is 0 Å². The molecular weight excluding hydrogens is 847 g/mol. The summed E-state index contributed by atoms with van der Waals surface area (Å²) in [4.78, 5) is 85.6. The van der Waals surface area contributed by atoms with Gasteiger partial charge in [0.05, 0.1) is 12.2 Å². The molecule has 6 saturated carbocycles. The van der Waals surface area contributed by atoms with Crippen molar-refractivity contribution in [2.45, 2.75) is 167 Å². The summed E-state index contributed by atoms with van der Waals surface area (Å²) in [6.45, 7) is 10.4. The first-order chi connectivity index (χ1) is 30.3. The van der Waals surface area contributed by atoms with Crippen LogP contribution in [0, 0.1) is 51.2 Å². The Morgan fingerprint density at radius 3 is 2.11 bits per heavy atom. The third-order valence-corrected chi connectivity index (χ3v) is 18.3. The molecule has 15 heteroatoms. The van der Waals surface area contributed by atoms with Crippen LogP contribution >= 0.6 is 0 Å². The van der Waals surface area contributed by atoms with Gasteiger partial charge in [-0.05, 0) is 130 Å². The first-order valence-corrected chi connectivity index (χ1v) is 23.5. The number of carbonyl (C=O) groups excluding carboxylic acids is 7. The smallest absolute Gasteiger partial charge is 0.306 e. The van der Waals surface area contributed by atoms with Gasteiger partial charge >= 0.3 is 17.9 Å². The molecule has 0 amide bonds. The van der Waals surface area contributed by atoms with Crippen molar-refractivity contribution in [1.29, 1.82) is 0 Å². The molecule has 6 fully saturated rings. The summed E-state index contributed by atoms with van der Waals surface area (Å²) in [5, 5.41) is 34.2. The number of carbonyl (C=O) groups is 7. The highest BCUT2D eigenvalue weighted by Gasteiger charge is 2.77. The Balaban J connectivity index is 0.000000198. The van der Waals surface area contributed by atoms with Gasteiger partial charge in [0.25, 0.3) is 0 Å². The largest absolute Gasteiger partial charge is 0.458 e. The van der Waals surface area contributed by atoms with E-state index in [9.17, 15) is 48.9 Å². The van der Waals surface area contributed by atoms with Crippen LogP contribution in [0.3, 0.4) is 0 Å². The Morgan fingerprint density at radius 1 is 0.815 bits per heavy atom. The zero-order valence-corrected chi connectivity index (χ0v) is 38.7. The third-order valence-electron chi connectivity index (χ3n) is 18.3. The zero-order chi connectivity index (χ0) is 47.9. The maximum absolute atomic E-state index is 17.2. The molecular formula is C50H66F2O13. The van der Waals surface area contributed by atoms with Crippen molar-refractivity contribution in [2.24, 2.45) is 51.2 Å². The number of fused-ring (bicyclic) bond motifs is 10. The fourth-order valence-electron chi connectivity index (χ4n) is 15.0. The Bertz CT molecular complexity index is 2130. The average Bonchev–Trinajstić information content (AvgIpc) is 3.67. The number of allylic oxidation sites excluding steroid dienone is 5. The van der Waals surface area contributed by atoms with Crippen molar-refractivity contribution in [1.82, 2.24) is 0 Å².